The molecular formula is C27H30Cl2N2O4S2. The predicted octanol–water partition coefficient (Wildman–Crippen LogP) is 5.95. The van der Waals surface area contributed by atoms with Gasteiger partial charge in [0.1, 0.15) is 4.90 Å². The molecule has 1 amide bonds. The Morgan fingerprint density at radius 1 is 1.16 bits per heavy atom. The fourth-order valence-electron chi connectivity index (χ4n) is 4.64. The number of benzene rings is 2. The summed E-state index contributed by atoms with van der Waals surface area (Å²) >= 11 is 14.1. The minimum atomic E-state index is -4.10. The van der Waals surface area contributed by atoms with Gasteiger partial charge in [-0.15, -0.1) is 11.3 Å². The van der Waals surface area contributed by atoms with E-state index in [9.17, 15) is 13.2 Å². The highest BCUT2D eigenvalue weighted by Crippen LogP contribution is 2.39. The SMILES string of the molecule is CCOCCCN(CC(=O)N1CCc2sccc2C1c1ccccc1C)S(=O)(=O)c1cc(Cl)ccc1Cl. The highest BCUT2D eigenvalue weighted by Gasteiger charge is 2.36. The van der Waals surface area contributed by atoms with E-state index in [0.717, 1.165) is 23.1 Å². The van der Waals surface area contributed by atoms with E-state index in [1.807, 2.05) is 43.0 Å². The number of ether oxygens (including phenoxy) is 1. The summed E-state index contributed by atoms with van der Waals surface area (Å²) in [5, 5.41) is 2.37. The van der Waals surface area contributed by atoms with Crippen molar-refractivity contribution in [2.24, 2.45) is 0 Å². The van der Waals surface area contributed by atoms with Crippen molar-refractivity contribution in [1.82, 2.24) is 9.21 Å². The minimum Gasteiger partial charge on any atom is -0.382 e. The van der Waals surface area contributed by atoms with Crippen molar-refractivity contribution in [2.75, 3.05) is 32.8 Å². The van der Waals surface area contributed by atoms with Crippen LogP contribution in [-0.4, -0.2) is 56.4 Å². The van der Waals surface area contributed by atoms with Gasteiger partial charge in [0, 0.05) is 36.2 Å². The molecule has 0 bridgehead atoms. The summed E-state index contributed by atoms with van der Waals surface area (Å²) in [4.78, 5) is 16.8. The van der Waals surface area contributed by atoms with Gasteiger partial charge in [0.05, 0.1) is 17.6 Å². The summed E-state index contributed by atoms with van der Waals surface area (Å²) < 4.78 is 34.1. The molecule has 2 heterocycles. The van der Waals surface area contributed by atoms with E-state index in [1.54, 1.807) is 11.3 Å². The Morgan fingerprint density at radius 2 is 1.95 bits per heavy atom. The zero-order valence-corrected chi connectivity index (χ0v) is 24.0. The highest BCUT2D eigenvalue weighted by molar-refractivity contribution is 7.89. The van der Waals surface area contributed by atoms with Crippen molar-refractivity contribution in [3.8, 4) is 0 Å². The standard InChI is InChI=1S/C27H30Cl2N2O4S2/c1-3-35-15-6-13-30(37(33,34)25-17-20(28)9-10-23(25)29)18-26(32)31-14-11-24-22(12-16-36-24)27(31)21-8-5-4-7-19(21)2/h4-5,7-10,12,16-17,27H,3,6,11,13-15,18H2,1-2H3. The van der Waals surface area contributed by atoms with Gasteiger partial charge in [-0.25, -0.2) is 8.42 Å². The number of amides is 1. The maximum atomic E-state index is 13.9. The fraction of sp³-hybridized carbons (Fsp3) is 0.370. The molecule has 198 valence electrons. The van der Waals surface area contributed by atoms with Crippen LogP contribution < -0.4 is 0 Å². The number of nitrogens with zero attached hydrogens (tertiary/aromatic N) is 2. The van der Waals surface area contributed by atoms with Gasteiger partial charge in [-0.3, -0.25) is 4.79 Å². The van der Waals surface area contributed by atoms with Crippen LogP contribution in [0.25, 0.3) is 0 Å². The number of sulfonamides is 1. The molecule has 0 saturated heterocycles. The second-order valence-corrected chi connectivity index (χ2v) is 12.6. The van der Waals surface area contributed by atoms with Crippen molar-refractivity contribution in [3.63, 3.8) is 0 Å². The summed E-state index contributed by atoms with van der Waals surface area (Å²) in [5.74, 6) is -0.261. The molecule has 0 fully saturated rings. The van der Waals surface area contributed by atoms with Gasteiger partial charge in [-0.05, 0) is 73.0 Å². The second-order valence-electron chi connectivity index (χ2n) is 8.86. The van der Waals surface area contributed by atoms with E-state index in [-0.39, 0.29) is 40.0 Å². The molecule has 2 aromatic carbocycles. The van der Waals surface area contributed by atoms with Crippen LogP contribution >= 0.6 is 34.5 Å². The fourth-order valence-corrected chi connectivity index (χ4v) is 7.71. The third kappa shape index (κ3) is 6.21. The maximum Gasteiger partial charge on any atom is 0.245 e. The molecule has 6 nitrogen and oxygen atoms in total. The maximum absolute atomic E-state index is 13.9. The lowest BCUT2D eigenvalue weighted by atomic mass is 9.90. The smallest absolute Gasteiger partial charge is 0.245 e. The number of hydrogen-bond donors (Lipinski definition) is 0. The van der Waals surface area contributed by atoms with Gasteiger partial charge in [0.15, 0.2) is 0 Å². The molecule has 4 rings (SSSR count). The molecule has 0 radical (unpaired) electrons. The molecule has 1 aliphatic rings. The van der Waals surface area contributed by atoms with Crippen LogP contribution in [0.3, 0.4) is 0 Å². The first-order valence-electron chi connectivity index (χ1n) is 12.2. The Kier molecular flexibility index (Phi) is 9.32. The van der Waals surface area contributed by atoms with Crippen LogP contribution in [0.5, 0.6) is 0 Å². The quantitative estimate of drug-likeness (QED) is 0.278. The van der Waals surface area contributed by atoms with Gasteiger partial charge in [0.2, 0.25) is 15.9 Å². The number of fused-ring (bicyclic) bond motifs is 1. The number of carbonyl (C=O) groups excluding carboxylic acids is 1. The Hall–Kier alpha value is -1.94. The van der Waals surface area contributed by atoms with Crippen molar-refractivity contribution < 1.29 is 17.9 Å². The first-order chi connectivity index (χ1) is 17.7. The average molecular weight is 582 g/mol. The van der Waals surface area contributed by atoms with E-state index >= 15 is 0 Å². The van der Waals surface area contributed by atoms with Gasteiger partial charge in [0.25, 0.3) is 0 Å². The van der Waals surface area contributed by atoms with Crippen molar-refractivity contribution in [1.29, 1.82) is 0 Å². The molecule has 0 saturated carbocycles. The van der Waals surface area contributed by atoms with Gasteiger partial charge in [-0.2, -0.15) is 4.31 Å². The Bertz CT molecular complexity index is 1360. The molecule has 0 N–H and O–H groups in total. The third-order valence-corrected chi connectivity index (χ3v) is 10.1. The summed E-state index contributed by atoms with van der Waals surface area (Å²) in [5.41, 5.74) is 3.22. The van der Waals surface area contributed by atoms with Crippen LogP contribution in [0.2, 0.25) is 10.0 Å². The lowest BCUT2D eigenvalue weighted by Gasteiger charge is -2.38. The molecule has 10 heteroatoms. The molecular weight excluding hydrogens is 551 g/mol. The van der Waals surface area contributed by atoms with Gasteiger partial charge >= 0.3 is 0 Å². The zero-order chi connectivity index (χ0) is 26.6. The summed E-state index contributed by atoms with van der Waals surface area (Å²) in [6.07, 6.45) is 1.17. The average Bonchev–Trinajstić information content (AvgIpc) is 3.36. The number of aryl methyl sites for hydroxylation is 1. The van der Waals surface area contributed by atoms with Crippen LogP contribution in [0.1, 0.15) is 41.0 Å². The Balaban J connectivity index is 1.67. The first kappa shape index (κ1) is 28.1. The van der Waals surface area contributed by atoms with E-state index < -0.39 is 10.0 Å². The first-order valence-corrected chi connectivity index (χ1v) is 15.3. The monoisotopic (exact) mass is 580 g/mol. The van der Waals surface area contributed by atoms with Crippen LogP contribution in [-0.2, 0) is 26.0 Å². The van der Waals surface area contributed by atoms with E-state index in [4.69, 9.17) is 27.9 Å². The molecule has 1 aromatic heterocycles. The summed E-state index contributed by atoms with van der Waals surface area (Å²) in [7, 11) is -4.10. The number of carbonyl (C=O) groups is 1. The predicted molar refractivity (Wildman–Crippen MR) is 149 cm³/mol. The largest absolute Gasteiger partial charge is 0.382 e. The van der Waals surface area contributed by atoms with Crippen molar-refractivity contribution in [3.05, 3.63) is 85.5 Å². The van der Waals surface area contributed by atoms with Gasteiger partial charge < -0.3 is 9.64 Å². The molecule has 0 spiro atoms. The Morgan fingerprint density at radius 3 is 2.70 bits per heavy atom. The van der Waals surface area contributed by atoms with Crippen LogP contribution in [0, 0.1) is 6.92 Å². The molecule has 1 atom stereocenters. The number of hydrogen-bond acceptors (Lipinski definition) is 5. The van der Waals surface area contributed by atoms with Crippen LogP contribution in [0.15, 0.2) is 58.8 Å². The van der Waals surface area contributed by atoms with Crippen molar-refractivity contribution >= 4 is 50.5 Å². The lowest BCUT2D eigenvalue weighted by molar-refractivity contribution is -0.133. The summed E-state index contributed by atoms with van der Waals surface area (Å²) in [6, 6.07) is 14.1. The second kappa shape index (κ2) is 12.3. The van der Waals surface area contributed by atoms with E-state index in [2.05, 4.69) is 11.4 Å². The Labute approximate surface area is 232 Å². The van der Waals surface area contributed by atoms with Crippen LogP contribution in [0.4, 0.5) is 0 Å². The summed E-state index contributed by atoms with van der Waals surface area (Å²) in [6.45, 7) is 5.14. The molecule has 1 unspecified atom stereocenters. The molecule has 37 heavy (non-hydrogen) atoms. The number of thiophene rings is 1. The third-order valence-electron chi connectivity index (χ3n) is 6.49. The van der Waals surface area contributed by atoms with E-state index in [1.165, 1.54) is 27.4 Å². The highest BCUT2D eigenvalue weighted by atomic mass is 35.5. The lowest BCUT2D eigenvalue weighted by Crippen LogP contribution is -2.47. The molecule has 3 aromatic rings. The zero-order valence-electron chi connectivity index (χ0n) is 20.8. The molecule has 0 aliphatic carbocycles. The van der Waals surface area contributed by atoms with E-state index in [0.29, 0.717) is 26.2 Å². The molecule has 1 aliphatic heterocycles. The van der Waals surface area contributed by atoms with Crippen molar-refractivity contribution in [2.45, 2.75) is 37.6 Å². The van der Waals surface area contributed by atoms with Gasteiger partial charge in [-0.1, -0.05) is 47.5 Å². The topological polar surface area (TPSA) is 66.9 Å². The number of rotatable bonds is 10. The minimum absolute atomic E-state index is 0.0605. The normalized spacial score (nSPS) is 15.7. The number of halogens is 2.